The summed E-state index contributed by atoms with van der Waals surface area (Å²) >= 11 is 0. The number of likely N-dealkylation sites (tertiary alicyclic amines) is 1. The Morgan fingerprint density at radius 1 is 1.29 bits per heavy atom. The zero-order valence-electron chi connectivity index (χ0n) is 8.54. The van der Waals surface area contributed by atoms with Crippen LogP contribution in [0, 0.1) is 11.8 Å². The Labute approximate surface area is 84.8 Å². The minimum atomic E-state index is 0.420. The van der Waals surface area contributed by atoms with Crippen LogP contribution in [0.5, 0.6) is 0 Å². The predicted octanol–water partition coefficient (Wildman–Crippen LogP) is 0.607. The number of rotatable bonds is 2. The number of hydrogen-bond acceptors (Lipinski definition) is 2. The maximum absolute atomic E-state index is 11.9. The van der Waals surface area contributed by atoms with Crippen LogP contribution in [0.1, 0.15) is 25.7 Å². The van der Waals surface area contributed by atoms with Gasteiger partial charge in [0.05, 0.1) is 0 Å². The molecule has 3 nitrogen and oxygen atoms in total. The maximum atomic E-state index is 11.9. The van der Waals surface area contributed by atoms with Crippen LogP contribution in [0.3, 0.4) is 0 Å². The number of amides is 1. The molecule has 0 bridgehead atoms. The Hall–Kier alpha value is -0.570. The summed E-state index contributed by atoms with van der Waals surface area (Å²) in [4.78, 5) is 14.1. The van der Waals surface area contributed by atoms with Crippen LogP contribution in [0.4, 0.5) is 0 Å². The number of fused-ring (bicyclic) bond motifs is 1. The molecule has 0 aromatic heterocycles. The van der Waals surface area contributed by atoms with Crippen molar-refractivity contribution >= 4 is 5.91 Å². The molecule has 3 fully saturated rings. The van der Waals surface area contributed by atoms with Crippen molar-refractivity contribution in [3.05, 3.63) is 0 Å². The maximum Gasteiger partial charge on any atom is 0.223 e. The van der Waals surface area contributed by atoms with E-state index in [9.17, 15) is 4.79 Å². The molecular weight excluding hydrogens is 176 g/mol. The van der Waals surface area contributed by atoms with Gasteiger partial charge in [0.1, 0.15) is 0 Å². The third kappa shape index (κ3) is 1.44. The van der Waals surface area contributed by atoms with Crippen LogP contribution < -0.4 is 5.32 Å². The van der Waals surface area contributed by atoms with Crippen LogP contribution in [-0.4, -0.2) is 36.5 Å². The standard InChI is InChI=1S/C11H18N2O/c14-11(5-8-1-2-8)13-4-3-9-6-12-7-10(9)13/h8-10,12H,1-7H2/t9-,10+/m0/s1. The Kier molecular flexibility index (Phi) is 2.01. The van der Waals surface area contributed by atoms with E-state index >= 15 is 0 Å². The van der Waals surface area contributed by atoms with Crippen LogP contribution in [-0.2, 0) is 4.79 Å². The highest BCUT2D eigenvalue weighted by atomic mass is 16.2. The second-order valence-electron chi connectivity index (χ2n) is 5.01. The van der Waals surface area contributed by atoms with E-state index in [4.69, 9.17) is 0 Å². The summed E-state index contributed by atoms with van der Waals surface area (Å²) in [5, 5.41) is 3.38. The first-order chi connectivity index (χ1) is 6.84. The molecule has 3 rings (SSSR count). The Bertz CT molecular complexity index is 250. The molecule has 78 valence electrons. The average Bonchev–Trinajstić information content (AvgIpc) is 2.72. The molecule has 1 amide bonds. The SMILES string of the molecule is O=C(CC1CC1)N1CC[C@H]2CNC[C@H]21. The zero-order chi connectivity index (χ0) is 9.54. The number of nitrogens with one attached hydrogen (secondary N) is 1. The first kappa shape index (κ1) is 8.72. The fraction of sp³-hybridized carbons (Fsp3) is 0.909. The number of carbonyl (C=O) groups is 1. The molecule has 0 radical (unpaired) electrons. The van der Waals surface area contributed by atoms with Crippen molar-refractivity contribution in [2.75, 3.05) is 19.6 Å². The van der Waals surface area contributed by atoms with Gasteiger partial charge in [-0.3, -0.25) is 4.79 Å². The van der Waals surface area contributed by atoms with Crippen molar-refractivity contribution in [3.8, 4) is 0 Å². The zero-order valence-corrected chi connectivity index (χ0v) is 8.54. The second-order valence-corrected chi connectivity index (χ2v) is 5.01. The Morgan fingerprint density at radius 3 is 2.93 bits per heavy atom. The van der Waals surface area contributed by atoms with E-state index in [0.29, 0.717) is 11.9 Å². The third-order valence-electron chi connectivity index (χ3n) is 3.93. The fourth-order valence-electron chi connectivity index (χ4n) is 2.85. The van der Waals surface area contributed by atoms with E-state index in [1.54, 1.807) is 0 Å². The van der Waals surface area contributed by atoms with E-state index in [-0.39, 0.29) is 0 Å². The van der Waals surface area contributed by atoms with Crippen LogP contribution >= 0.6 is 0 Å². The van der Waals surface area contributed by atoms with Gasteiger partial charge in [0.15, 0.2) is 0 Å². The normalized spacial score (nSPS) is 36.1. The fourth-order valence-corrected chi connectivity index (χ4v) is 2.85. The van der Waals surface area contributed by atoms with E-state index in [0.717, 1.165) is 37.9 Å². The summed E-state index contributed by atoms with van der Waals surface area (Å²) in [6, 6.07) is 0.529. The first-order valence-electron chi connectivity index (χ1n) is 5.85. The molecule has 14 heavy (non-hydrogen) atoms. The van der Waals surface area contributed by atoms with Gasteiger partial charge in [-0.05, 0) is 31.1 Å². The predicted molar refractivity (Wildman–Crippen MR) is 53.8 cm³/mol. The minimum absolute atomic E-state index is 0.420. The lowest BCUT2D eigenvalue weighted by Gasteiger charge is -2.23. The molecule has 0 unspecified atom stereocenters. The molecule has 2 atom stereocenters. The molecule has 2 aliphatic heterocycles. The smallest absolute Gasteiger partial charge is 0.223 e. The van der Waals surface area contributed by atoms with E-state index in [1.165, 1.54) is 19.3 Å². The summed E-state index contributed by atoms with van der Waals surface area (Å²) in [7, 11) is 0. The van der Waals surface area contributed by atoms with Crippen LogP contribution in [0.2, 0.25) is 0 Å². The van der Waals surface area contributed by atoms with Gasteiger partial charge in [0.25, 0.3) is 0 Å². The largest absolute Gasteiger partial charge is 0.338 e. The molecule has 0 aromatic carbocycles. The average molecular weight is 194 g/mol. The summed E-state index contributed by atoms with van der Waals surface area (Å²) in [5.41, 5.74) is 0. The van der Waals surface area contributed by atoms with Crippen LogP contribution in [0.15, 0.2) is 0 Å². The lowest BCUT2D eigenvalue weighted by Crippen LogP contribution is -2.39. The first-order valence-corrected chi connectivity index (χ1v) is 5.85. The van der Waals surface area contributed by atoms with Crippen LogP contribution in [0.25, 0.3) is 0 Å². The molecular formula is C11H18N2O. The van der Waals surface area contributed by atoms with Crippen molar-refractivity contribution in [1.82, 2.24) is 10.2 Å². The number of hydrogen-bond donors (Lipinski definition) is 1. The lowest BCUT2D eigenvalue weighted by molar-refractivity contribution is -0.132. The van der Waals surface area contributed by atoms with Gasteiger partial charge < -0.3 is 10.2 Å². The van der Waals surface area contributed by atoms with Gasteiger partial charge in [-0.25, -0.2) is 0 Å². The van der Waals surface area contributed by atoms with Gasteiger partial charge in [-0.15, -0.1) is 0 Å². The summed E-state index contributed by atoms with van der Waals surface area (Å²) in [6.45, 7) is 3.17. The molecule has 2 heterocycles. The van der Waals surface area contributed by atoms with Crippen molar-refractivity contribution in [3.63, 3.8) is 0 Å². The summed E-state index contributed by atoms with van der Waals surface area (Å²) < 4.78 is 0. The van der Waals surface area contributed by atoms with Gasteiger partial charge in [0, 0.05) is 32.1 Å². The summed E-state index contributed by atoms with van der Waals surface area (Å²) in [6.07, 6.45) is 4.61. The van der Waals surface area contributed by atoms with Gasteiger partial charge in [-0.2, -0.15) is 0 Å². The highest BCUT2D eigenvalue weighted by Crippen LogP contribution is 2.35. The van der Waals surface area contributed by atoms with Gasteiger partial charge >= 0.3 is 0 Å². The highest BCUT2D eigenvalue weighted by molar-refractivity contribution is 5.77. The second kappa shape index (κ2) is 3.23. The highest BCUT2D eigenvalue weighted by Gasteiger charge is 2.40. The monoisotopic (exact) mass is 194 g/mol. The van der Waals surface area contributed by atoms with Crippen molar-refractivity contribution in [2.45, 2.75) is 31.7 Å². The quantitative estimate of drug-likeness (QED) is 0.698. The molecule has 0 aromatic rings. The van der Waals surface area contributed by atoms with Gasteiger partial charge in [-0.1, -0.05) is 0 Å². The number of nitrogens with zero attached hydrogens (tertiary/aromatic N) is 1. The molecule has 1 aliphatic carbocycles. The lowest BCUT2D eigenvalue weighted by atomic mass is 10.1. The Morgan fingerprint density at radius 2 is 2.14 bits per heavy atom. The van der Waals surface area contributed by atoms with Crippen molar-refractivity contribution in [2.24, 2.45) is 11.8 Å². The van der Waals surface area contributed by atoms with E-state index in [1.807, 2.05) is 0 Å². The number of carbonyl (C=O) groups excluding carboxylic acids is 1. The topological polar surface area (TPSA) is 32.3 Å². The summed E-state index contributed by atoms with van der Waals surface area (Å²) in [5.74, 6) is 1.90. The molecule has 1 N–H and O–H groups in total. The molecule has 2 saturated heterocycles. The Balaban J connectivity index is 1.63. The third-order valence-corrected chi connectivity index (χ3v) is 3.93. The van der Waals surface area contributed by atoms with E-state index < -0.39 is 0 Å². The van der Waals surface area contributed by atoms with Crippen molar-refractivity contribution < 1.29 is 4.79 Å². The minimum Gasteiger partial charge on any atom is -0.338 e. The molecule has 3 aliphatic rings. The van der Waals surface area contributed by atoms with Gasteiger partial charge in [0.2, 0.25) is 5.91 Å². The van der Waals surface area contributed by atoms with E-state index in [2.05, 4.69) is 10.2 Å². The van der Waals surface area contributed by atoms with Crippen molar-refractivity contribution in [1.29, 1.82) is 0 Å². The molecule has 3 heteroatoms. The molecule has 1 saturated carbocycles. The molecule has 0 spiro atoms.